The topological polar surface area (TPSA) is 54.9 Å². The maximum Gasteiger partial charge on any atom is 0.260 e. The van der Waals surface area contributed by atoms with Gasteiger partial charge in [-0.1, -0.05) is 42.9 Å². The highest BCUT2D eigenvalue weighted by Gasteiger charge is 2.24. The van der Waals surface area contributed by atoms with Crippen LogP contribution in [0.2, 0.25) is 0 Å². The highest BCUT2D eigenvalue weighted by molar-refractivity contribution is 7.22. The molecule has 0 aliphatic rings. The molecule has 0 fully saturated rings. The summed E-state index contributed by atoms with van der Waals surface area (Å²) in [5, 5.41) is 0.644. The van der Waals surface area contributed by atoms with E-state index < -0.39 is 0 Å². The first-order chi connectivity index (χ1) is 14.5. The lowest BCUT2D eigenvalue weighted by atomic mass is 10.1. The molecule has 1 aromatic heterocycles. The number of ether oxygens (including phenoxy) is 2. The van der Waals surface area contributed by atoms with E-state index in [9.17, 15) is 4.79 Å². The predicted molar refractivity (Wildman–Crippen MR) is 123 cm³/mol. The van der Waals surface area contributed by atoms with E-state index in [0.717, 1.165) is 35.6 Å². The molecular weight excluding hydrogens is 398 g/mol. The van der Waals surface area contributed by atoms with Crippen LogP contribution in [0.15, 0.2) is 36.4 Å². The molecule has 0 radical (unpaired) electrons. The molecule has 0 atom stereocenters. The molecule has 0 N–H and O–H groups in total. The Morgan fingerprint density at radius 3 is 2.20 bits per heavy atom. The zero-order valence-corrected chi connectivity index (χ0v) is 19.1. The van der Waals surface area contributed by atoms with Crippen molar-refractivity contribution < 1.29 is 14.3 Å². The SMILES string of the molecule is CCN(CC)CCN(C(=O)c1ccc(C)cc1)c1nc2c(OC)ccc(OC)c2s1. The molecule has 0 saturated heterocycles. The van der Waals surface area contributed by atoms with Crippen LogP contribution in [0, 0.1) is 6.92 Å². The Kier molecular flexibility index (Phi) is 7.29. The molecule has 6 nitrogen and oxygen atoms in total. The van der Waals surface area contributed by atoms with E-state index in [1.807, 2.05) is 43.3 Å². The van der Waals surface area contributed by atoms with E-state index in [4.69, 9.17) is 14.5 Å². The summed E-state index contributed by atoms with van der Waals surface area (Å²) in [4.78, 5) is 22.3. The molecule has 3 rings (SSSR count). The van der Waals surface area contributed by atoms with Gasteiger partial charge in [0.05, 0.1) is 14.2 Å². The van der Waals surface area contributed by atoms with Crippen LogP contribution in [-0.4, -0.2) is 56.2 Å². The Hall–Kier alpha value is -2.64. The summed E-state index contributed by atoms with van der Waals surface area (Å²) < 4.78 is 11.9. The predicted octanol–water partition coefficient (Wildman–Crippen LogP) is 4.61. The number of thiazole rings is 1. The molecule has 0 bridgehead atoms. The number of carbonyl (C=O) groups is 1. The van der Waals surface area contributed by atoms with Crippen LogP contribution < -0.4 is 14.4 Å². The average molecular weight is 428 g/mol. The summed E-state index contributed by atoms with van der Waals surface area (Å²) in [7, 11) is 3.26. The number of fused-ring (bicyclic) bond motifs is 1. The van der Waals surface area contributed by atoms with Crippen molar-refractivity contribution in [1.82, 2.24) is 9.88 Å². The molecule has 0 spiro atoms. The van der Waals surface area contributed by atoms with Crippen LogP contribution in [0.3, 0.4) is 0 Å². The van der Waals surface area contributed by atoms with Crippen LogP contribution >= 0.6 is 11.3 Å². The summed E-state index contributed by atoms with van der Waals surface area (Å²) in [6.07, 6.45) is 0. The van der Waals surface area contributed by atoms with E-state index in [0.29, 0.717) is 28.5 Å². The lowest BCUT2D eigenvalue weighted by molar-refractivity contribution is 0.0984. The van der Waals surface area contributed by atoms with Gasteiger partial charge < -0.3 is 14.4 Å². The van der Waals surface area contributed by atoms with Gasteiger partial charge in [0.2, 0.25) is 0 Å². The van der Waals surface area contributed by atoms with E-state index >= 15 is 0 Å². The van der Waals surface area contributed by atoms with Crippen molar-refractivity contribution >= 4 is 32.6 Å². The lowest BCUT2D eigenvalue weighted by Crippen LogP contribution is -2.38. The van der Waals surface area contributed by atoms with Gasteiger partial charge in [-0.15, -0.1) is 0 Å². The van der Waals surface area contributed by atoms with Gasteiger partial charge in [-0.05, 0) is 44.3 Å². The molecule has 1 amide bonds. The minimum Gasteiger partial charge on any atom is -0.495 e. The number of amides is 1. The maximum absolute atomic E-state index is 13.4. The normalized spacial score (nSPS) is 11.1. The summed E-state index contributed by atoms with van der Waals surface area (Å²) in [5.74, 6) is 1.33. The second kappa shape index (κ2) is 9.91. The van der Waals surface area contributed by atoms with Gasteiger partial charge in [0, 0.05) is 18.7 Å². The Bertz CT molecular complexity index is 956. The smallest absolute Gasteiger partial charge is 0.260 e. The largest absolute Gasteiger partial charge is 0.495 e. The monoisotopic (exact) mass is 427 g/mol. The summed E-state index contributed by atoms with van der Waals surface area (Å²) in [6.45, 7) is 9.47. The third-order valence-electron chi connectivity index (χ3n) is 5.21. The highest BCUT2D eigenvalue weighted by atomic mass is 32.1. The number of nitrogens with zero attached hydrogens (tertiary/aromatic N) is 3. The first kappa shape index (κ1) is 22.1. The fourth-order valence-electron chi connectivity index (χ4n) is 3.31. The molecule has 1 heterocycles. The Morgan fingerprint density at radius 2 is 1.60 bits per heavy atom. The van der Waals surface area contributed by atoms with Gasteiger partial charge in [0.15, 0.2) is 5.13 Å². The number of methoxy groups -OCH3 is 2. The van der Waals surface area contributed by atoms with Gasteiger partial charge in [-0.2, -0.15) is 0 Å². The molecule has 0 unspecified atom stereocenters. The third-order valence-corrected chi connectivity index (χ3v) is 6.30. The summed E-state index contributed by atoms with van der Waals surface area (Å²) in [6, 6.07) is 11.4. The van der Waals surface area contributed by atoms with Gasteiger partial charge in [0.1, 0.15) is 21.7 Å². The second-order valence-corrected chi connectivity index (χ2v) is 7.97. The number of hydrogen-bond acceptors (Lipinski definition) is 6. The zero-order chi connectivity index (χ0) is 21.7. The van der Waals surface area contributed by atoms with Gasteiger partial charge in [-0.25, -0.2) is 4.98 Å². The number of rotatable bonds is 9. The number of anilines is 1. The van der Waals surface area contributed by atoms with Crippen molar-refractivity contribution in [3.8, 4) is 11.5 Å². The van der Waals surface area contributed by atoms with Crippen LogP contribution in [0.4, 0.5) is 5.13 Å². The van der Waals surface area contributed by atoms with Crippen molar-refractivity contribution in [3.05, 3.63) is 47.5 Å². The van der Waals surface area contributed by atoms with Crippen molar-refractivity contribution in [2.24, 2.45) is 0 Å². The molecular formula is C23H29N3O3S. The minimum atomic E-state index is -0.0563. The van der Waals surface area contributed by atoms with Gasteiger partial charge in [-0.3, -0.25) is 9.69 Å². The molecule has 7 heteroatoms. The number of aryl methyl sites for hydroxylation is 1. The summed E-state index contributed by atoms with van der Waals surface area (Å²) >= 11 is 1.45. The number of benzene rings is 2. The van der Waals surface area contributed by atoms with E-state index in [-0.39, 0.29) is 5.91 Å². The molecule has 2 aromatic carbocycles. The number of carbonyl (C=O) groups excluding carboxylic acids is 1. The van der Waals surface area contributed by atoms with Gasteiger partial charge in [0.25, 0.3) is 5.91 Å². The molecule has 0 saturated carbocycles. The molecule has 0 aliphatic carbocycles. The minimum absolute atomic E-state index is 0.0563. The Balaban J connectivity index is 2.04. The molecule has 160 valence electrons. The number of hydrogen-bond donors (Lipinski definition) is 0. The standard InChI is InChI=1S/C23H29N3O3S/c1-6-25(7-2)14-15-26(22(27)17-10-8-16(3)9-11-17)23-24-20-18(28-4)12-13-19(29-5)21(20)30-23/h8-13H,6-7,14-15H2,1-5H3. The molecule has 3 aromatic rings. The van der Waals surface area contributed by atoms with Crippen LogP contribution in [0.5, 0.6) is 11.5 Å². The van der Waals surface area contributed by atoms with E-state index in [1.165, 1.54) is 11.3 Å². The van der Waals surface area contributed by atoms with E-state index in [2.05, 4.69) is 18.7 Å². The lowest BCUT2D eigenvalue weighted by Gasteiger charge is -2.24. The highest BCUT2D eigenvalue weighted by Crippen LogP contribution is 2.40. The van der Waals surface area contributed by atoms with Crippen molar-refractivity contribution in [3.63, 3.8) is 0 Å². The average Bonchev–Trinajstić information content (AvgIpc) is 3.21. The molecule has 0 aliphatic heterocycles. The van der Waals surface area contributed by atoms with Crippen LogP contribution in [-0.2, 0) is 0 Å². The first-order valence-corrected chi connectivity index (χ1v) is 11.0. The quantitative estimate of drug-likeness (QED) is 0.499. The van der Waals surface area contributed by atoms with Crippen LogP contribution in [0.1, 0.15) is 29.8 Å². The fourth-order valence-corrected chi connectivity index (χ4v) is 4.41. The third kappa shape index (κ3) is 4.57. The maximum atomic E-state index is 13.4. The van der Waals surface area contributed by atoms with Gasteiger partial charge >= 0.3 is 0 Å². The van der Waals surface area contributed by atoms with Crippen molar-refractivity contribution in [2.45, 2.75) is 20.8 Å². The van der Waals surface area contributed by atoms with Crippen LogP contribution in [0.25, 0.3) is 10.2 Å². The van der Waals surface area contributed by atoms with Crippen molar-refractivity contribution in [1.29, 1.82) is 0 Å². The summed E-state index contributed by atoms with van der Waals surface area (Å²) in [5.41, 5.74) is 2.48. The Labute approximate surface area is 182 Å². The zero-order valence-electron chi connectivity index (χ0n) is 18.3. The van der Waals surface area contributed by atoms with E-state index in [1.54, 1.807) is 19.1 Å². The number of aromatic nitrogens is 1. The Morgan fingerprint density at radius 1 is 0.967 bits per heavy atom. The molecule has 30 heavy (non-hydrogen) atoms. The fraction of sp³-hybridized carbons (Fsp3) is 0.391. The first-order valence-electron chi connectivity index (χ1n) is 10.1. The van der Waals surface area contributed by atoms with Crippen molar-refractivity contribution in [2.75, 3.05) is 45.3 Å². The second-order valence-electron chi connectivity index (χ2n) is 6.99. The number of likely N-dealkylation sites (N-methyl/N-ethyl adjacent to an activating group) is 1.